The Hall–Kier alpha value is -2.48. The van der Waals surface area contributed by atoms with Crippen molar-refractivity contribution >= 4 is 0 Å². The molecule has 140 valence electrons. The summed E-state index contributed by atoms with van der Waals surface area (Å²) in [5.41, 5.74) is 7.16. The summed E-state index contributed by atoms with van der Waals surface area (Å²) in [6.45, 7) is 15.4. The summed E-state index contributed by atoms with van der Waals surface area (Å²) in [4.78, 5) is 9.33. The van der Waals surface area contributed by atoms with Gasteiger partial charge in [-0.3, -0.25) is 0 Å². The van der Waals surface area contributed by atoms with Gasteiger partial charge >= 0.3 is 0 Å². The minimum absolute atomic E-state index is 0.153. The zero-order valence-corrected chi connectivity index (χ0v) is 17.6. The van der Waals surface area contributed by atoms with Gasteiger partial charge in [0.25, 0.3) is 0 Å². The van der Waals surface area contributed by atoms with Crippen molar-refractivity contribution in [1.82, 2.24) is 9.97 Å². The van der Waals surface area contributed by atoms with Gasteiger partial charge in [-0.25, -0.2) is 9.97 Å². The molecule has 27 heavy (non-hydrogen) atoms. The molecule has 0 saturated carbocycles. The molecule has 0 unspecified atom stereocenters. The highest BCUT2D eigenvalue weighted by atomic mass is 14.9. The molecule has 0 N–H and O–H groups in total. The molecule has 1 aromatic heterocycles. The SMILES string of the molecule is Cc1nc(-c2ccc(C(C)(C)C)cc2)cc(-c2ccc(C(C)(C)C)cc2)n1. The second-order valence-corrected chi connectivity index (χ2v) is 9.34. The number of rotatable bonds is 2. The summed E-state index contributed by atoms with van der Waals surface area (Å²) in [5.74, 6) is 0.794. The van der Waals surface area contributed by atoms with Crippen LogP contribution in [0.3, 0.4) is 0 Å². The minimum atomic E-state index is 0.153. The molecule has 0 fully saturated rings. The smallest absolute Gasteiger partial charge is 0.126 e. The van der Waals surface area contributed by atoms with Crippen molar-refractivity contribution in [2.45, 2.75) is 59.3 Å². The lowest BCUT2D eigenvalue weighted by Crippen LogP contribution is -2.10. The molecular formula is C25H30N2. The number of aromatic nitrogens is 2. The van der Waals surface area contributed by atoms with Crippen LogP contribution in [0.2, 0.25) is 0 Å². The fraction of sp³-hybridized carbons (Fsp3) is 0.360. The van der Waals surface area contributed by atoms with Crippen LogP contribution in [-0.2, 0) is 10.8 Å². The van der Waals surface area contributed by atoms with Crippen molar-refractivity contribution < 1.29 is 0 Å². The third-order valence-electron chi connectivity index (χ3n) is 4.93. The number of nitrogens with zero attached hydrogens (tertiary/aromatic N) is 2. The molecule has 0 aliphatic heterocycles. The van der Waals surface area contributed by atoms with Crippen LogP contribution in [0.1, 0.15) is 58.5 Å². The van der Waals surface area contributed by atoms with E-state index in [9.17, 15) is 0 Å². The third-order valence-corrected chi connectivity index (χ3v) is 4.93. The van der Waals surface area contributed by atoms with Crippen LogP contribution in [0.5, 0.6) is 0 Å². The Kier molecular flexibility index (Phi) is 4.94. The number of hydrogen-bond acceptors (Lipinski definition) is 2. The van der Waals surface area contributed by atoms with Crippen LogP contribution in [0, 0.1) is 6.92 Å². The number of benzene rings is 2. The van der Waals surface area contributed by atoms with Crippen molar-refractivity contribution in [3.05, 3.63) is 71.5 Å². The van der Waals surface area contributed by atoms with Gasteiger partial charge < -0.3 is 0 Å². The van der Waals surface area contributed by atoms with Crippen LogP contribution in [0.15, 0.2) is 54.6 Å². The van der Waals surface area contributed by atoms with E-state index in [0.29, 0.717) is 0 Å². The summed E-state index contributed by atoms with van der Waals surface area (Å²) < 4.78 is 0. The maximum absolute atomic E-state index is 4.67. The normalized spacial score (nSPS) is 12.3. The summed E-state index contributed by atoms with van der Waals surface area (Å²) in [5, 5.41) is 0. The van der Waals surface area contributed by atoms with Crippen LogP contribution >= 0.6 is 0 Å². The zero-order valence-electron chi connectivity index (χ0n) is 17.6. The Bertz CT molecular complexity index is 846. The molecule has 0 aliphatic rings. The molecule has 0 atom stereocenters. The standard InChI is InChI=1S/C25H30N2/c1-17-26-22(18-8-12-20(13-9-18)24(2,3)4)16-23(27-17)19-10-14-21(15-11-19)25(5,6)7/h8-16H,1-7H3. The maximum atomic E-state index is 4.67. The number of aryl methyl sites for hydroxylation is 1. The summed E-state index contributed by atoms with van der Waals surface area (Å²) >= 11 is 0. The molecule has 0 saturated heterocycles. The fourth-order valence-electron chi connectivity index (χ4n) is 3.15. The zero-order chi connectivity index (χ0) is 19.8. The van der Waals surface area contributed by atoms with Gasteiger partial charge in [0, 0.05) is 11.1 Å². The van der Waals surface area contributed by atoms with E-state index in [0.717, 1.165) is 28.3 Å². The summed E-state index contributed by atoms with van der Waals surface area (Å²) in [6, 6.07) is 19.5. The third kappa shape index (κ3) is 4.44. The van der Waals surface area contributed by atoms with E-state index in [1.807, 2.05) is 6.92 Å². The molecule has 0 radical (unpaired) electrons. The van der Waals surface area contributed by atoms with E-state index in [1.165, 1.54) is 11.1 Å². The van der Waals surface area contributed by atoms with E-state index >= 15 is 0 Å². The van der Waals surface area contributed by atoms with E-state index < -0.39 is 0 Å². The van der Waals surface area contributed by atoms with Crippen molar-refractivity contribution in [1.29, 1.82) is 0 Å². The van der Waals surface area contributed by atoms with Gasteiger partial charge in [-0.05, 0) is 34.9 Å². The van der Waals surface area contributed by atoms with Gasteiger partial charge in [-0.1, -0.05) is 90.1 Å². The molecule has 2 heteroatoms. The molecule has 0 amide bonds. The predicted octanol–water partition coefficient (Wildman–Crippen LogP) is 6.71. The topological polar surface area (TPSA) is 25.8 Å². The Balaban J connectivity index is 1.97. The lowest BCUT2D eigenvalue weighted by Gasteiger charge is -2.19. The highest BCUT2D eigenvalue weighted by molar-refractivity contribution is 5.68. The fourth-order valence-corrected chi connectivity index (χ4v) is 3.15. The first kappa shape index (κ1) is 19.3. The highest BCUT2D eigenvalue weighted by Crippen LogP contribution is 2.29. The van der Waals surface area contributed by atoms with Crippen LogP contribution in [0.4, 0.5) is 0 Å². The first-order valence-electron chi connectivity index (χ1n) is 9.61. The van der Waals surface area contributed by atoms with E-state index in [1.54, 1.807) is 0 Å². The average molecular weight is 359 g/mol. The quantitative estimate of drug-likeness (QED) is 0.508. The molecule has 1 heterocycles. The first-order chi connectivity index (χ1) is 12.5. The van der Waals surface area contributed by atoms with E-state index in [2.05, 4.69) is 106 Å². The molecule has 2 nitrogen and oxygen atoms in total. The highest BCUT2D eigenvalue weighted by Gasteiger charge is 2.15. The monoisotopic (exact) mass is 358 g/mol. The molecule has 0 aliphatic carbocycles. The Morgan fingerprint density at radius 1 is 0.556 bits per heavy atom. The van der Waals surface area contributed by atoms with E-state index in [4.69, 9.17) is 0 Å². The van der Waals surface area contributed by atoms with Crippen LogP contribution < -0.4 is 0 Å². The molecule has 0 spiro atoms. The van der Waals surface area contributed by atoms with Crippen molar-refractivity contribution in [3.63, 3.8) is 0 Å². The molecule has 2 aromatic carbocycles. The van der Waals surface area contributed by atoms with Gasteiger partial charge in [0.15, 0.2) is 0 Å². The minimum Gasteiger partial charge on any atom is -0.233 e. The lowest BCUT2D eigenvalue weighted by molar-refractivity contribution is 0.590. The van der Waals surface area contributed by atoms with Gasteiger partial charge in [0.2, 0.25) is 0 Å². The van der Waals surface area contributed by atoms with E-state index in [-0.39, 0.29) is 10.8 Å². The van der Waals surface area contributed by atoms with Crippen molar-refractivity contribution in [2.24, 2.45) is 0 Å². The second kappa shape index (κ2) is 6.92. The van der Waals surface area contributed by atoms with Crippen molar-refractivity contribution in [2.75, 3.05) is 0 Å². The average Bonchev–Trinajstić information content (AvgIpc) is 2.60. The first-order valence-corrected chi connectivity index (χ1v) is 9.61. The Morgan fingerprint density at radius 2 is 0.889 bits per heavy atom. The predicted molar refractivity (Wildman–Crippen MR) is 115 cm³/mol. The number of hydrogen-bond donors (Lipinski definition) is 0. The van der Waals surface area contributed by atoms with Gasteiger partial charge in [0.05, 0.1) is 11.4 Å². The maximum Gasteiger partial charge on any atom is 0.126 e. The van der Waals surface area contributed by atoms with Gasteiger partial charge in [-0.2, -0.15) is 0 Å². The largest absolute Gasteiger partial charge is 0.233 e. The molecule has 3 aromatic rings. The molecule has 3 rings (SSSR count). The lowest BCUT2D eigenvalue weighted by atomic mass is 9.86. The van der Waals surface area contributed by atoms with Crippen LogP contribution in [-0.4, -0.2) is 9.97 Å². The summed E-state index contributed by atoms with van der Waals surface area (Å²) in [7, 11) is 0. The van der Waals surface area contributed by atoms with Crippen molar-refractivity contribution in [3.8, 4) is 22.5 Å². The van der Waals surface area contributed by atoms with Gasteiger partial charge in [0.1, 0.15) is 5.82 Å². The Labute approximate surface area is 163 Å². The second-order valence-electron chi connectivity index (χ2n) is 9.34. The molecular weight excluding hydrogens is 328 g/mol. The molecule has 0 bridgehead atoms. The van der Waals surface area contributed by atoms with Crippen LogP contribution in [0.25, 0.3) is 22.5 Å². The summed E-state index contributed by atoms with van der Waals surface area (Å²) in [6.07, 6.45) is 0. The Morgan fingerprint density at radius 3 is 1.19 bits per heavy atom. The van der Waals surface area contributed by atoms with Gasteiger partial charge in [-0.15, -0.1) is 0 Å².